The largest absolute Gasteiger partial charge is 0.457 e. The average molecular weight is 461 g/mol. The number of carbonyl (C=O) groups is 2. The molecular weight excluding hydrogens is 450 g/mol. The van der Waals surface area contributed by atoms with Crippen molar-refractivity contribution in [3.8, 4) is 11.3 Å². The predicted molar refractivity (Wildman–Crippen MR) is 117 cm³/mol. The van der Waals surface area contributed by atoms with Crippen LogP contribution in [0, 0.1) is 5.82 Å². The first-order chi connectivity index (χ1) is 14.3. The fourth-order valence-electron chi connectivity index (χ4n) is 2.89. The molecule has 5 nitrogen and oxygen atoms in total. The van der Waals surface area contributed by atoms with Gasteiger partial charge in [0.1, 0.15) is 22.9 Å². The van der Waals surface area contributed by atoms with E-state index in [2.05, 4.69) is 5.32 Å². The second-order valence-corrected chi connectivity index (χ2v) is 7.44. The second kappa shape index (κ2) is 8.02. The number of hydrogen-bond acceptors (Lipinski definition) is 4. The lowest BCUT2D eigenvalue weighted by atomic mass is 10.1. The maximum atomic E-state index is 14.2. The molecule has 0 bridgehead atoms. The third-order valence-electron chi connectivity index (χ3n) is 4.31. The highest BCUT2D eigenvalue weighted by atomic mass is 35.5. The van der Waals surface area contributed by atoms with Crippen molar-refractivity contribution < 1.29 is 18.4 Å². The third kappa shape index (κ3) is 3.75. The van der Waals surface area contributed by atoms with E-state index >= 15 is 0 Å². The summed E-state index contributed by atoms with van der Waals surface area (Å²) in [5.41, 5.74) is 0.360. The first-order valence-electron chi connectivity index (χ1n) is 8.56. The van der Waals surface area contributed by atoms with Crippen LogP contribution < -0.4 is 10.2 Å². The van der Waals surface area contributed by atoms with E-state index < -0.39 is 17.6 Å². The SMILES string of the molecule is O=C1NC(=S)N(c2ccccc2F)C(=O)C1=Cc1ccc(-c2ccc(Cl)c(Cl)c2)o1. The molecule has 0 atom stereocenters. The molecule has 2 heterocycles. The fourth-order valence-corrected chi connectivity index (χ4v) is 3.46. The van der Waals surface area contributed by atoms with E-state index in [4.69, 9.17) is 39.8 Å². The lowest BCUT2D eigenvalue weighted by molar-refractivity contribution is -0.122. The number of amides is 2. The highest BCUT2D eigenvalue weighted by molar-refractivity contribution is 7.80. The van der Waals surface area contributed by atoms with Crippen LogP contribution in [0.3, 0.4) is 0 Å². The summed E-state index contributed by atoms with van der Waals surface area (Å²) in [6.45, 7) is 0. The molecule has 3 aromatic rings. The average Bonchev–Trinajstić information content (AvgIpc) is 3.17. The molecule has 0 unspecified atom stereocenters. The molecule has 9 heteroatoms. The molecule has 30 heavy (non-hydrogen) atoms. The van der Waals surface area contributed by atoms with Crippen molar-refractivity contribution in [1.82, 2.24) is 5.32 Å². The maximum absolute atomic E-state index is 14.2. The first kappa shape index (κ1) is 20.3. The zero-order valence-electron chi connectivity index (χ0n) is 15.0. The van der Waals surface area contributed by atoms with E-state index in [-0.39, 0.29) is 22.1 Å². The Morgan fingerprint density at radius 2 is 1.80 bits per heavy atom. The van der Waals surface area contributed by atoms with Gasteiger partial charge in [0.25, 0.3) is 11.8 Å². The Hall–Kier alpha value is -3.00. The monoisotopic (exact) mass is 460 g/mol. The van der Waals surface area contributed by atoms with Crippen LogP contribution in [0.1, 0.15) is 5.76 Å². The number of thiocarbonyl (C=S) groups is 1. The van der Waals surface area contributed by atoms with Crippen molar-refractivity contribution in [2.45, 2.75) is 0 Å². The quantitative estimate of drug-likeness (QED) is 0.330. The Labute approximate surface area is 185 Å². The number of hydrogen-bond donors (Lipinski definition) is 1. The van der Waals surface area contributed by atoms with E-state index in [1.807, 2.05) is 0 Å². The standard InChI is InChI=1S/C21H11Cl2FN2O3S/c22-14-7-5-11(9-15(14)23)18-8-6-12(29-18)10-13-19(27)25-21(30)26(20(13)28)17-4-2-1-3-16(17)24/h1-10H,(H,25,27,30). The summed E-state index contributed by atoms with van der Waals surface area (Å²) in [5.74, 6) is -1.41. The molecule has 1 saturated heterocycles. The number of benzene rings is 2. The van der Waals surface area contributed by atoms with Crippen molar-refractivity contribution in [1.29, 1.82) is 0 Å². The molecule has 0 aliphatic carbocycles. The van der Waals surface area contributed by atoms with Gasteiger partial charge < -0.3 is 4.42 Å². The van der Waals surface area contributed by atoms with Crippen LogP contribution in [-0.2, 0) is 9.59 Å². The van der Waals surface area contributed by atoms with Gasteiger partial charge in [-0.2, -0.15) is 0 Å². The zero-order valence-corrected chi connectivity index (χ0v) is 17.3. The fraction of sp³-hybridized carbons (Fsp3) is 0. The number of rotatable bonds is 3. The molecule has 0 spiro atoms. The van der Waals surface area contributed by atoms with E-state index in [0.29, 0.717) is 21.4 Å². The highest BCUT2D eigenvalue weighted by Crippen LogP contribution is 2.31. The smallest absolute Gasteiger partial charge is 0.270 e. The molecule has 2 aromatic carbocycles. The van der Waals surface area contributed by atoms with Crippen LogP contribution in [0.25, 0.3) is 17.4 Å². The third-order valence-corrected chi connectivity index (χ3v) is 5.34. The number of halogens is 3. The van der Waals surface area contributed by atoms with Gasteiger partial charge in [0.2, 0.25) is 0 Å². The summed E-state index contributed by atoms with van der Waals surface area (Å²) < 4.78 is 19.9. The second-order valence-electron chi connectivity index (χ2n) is 6.24. The van der Waals surface area contributed by atoms with E-state index in [1.54, 1.807) is 36.4 Å². The van der Waals surface area contributed by atoms with Crippen LogP contribution in [0.4, 0.5) is 10.1 Å². The van der Waals surface area contributed by atoms with Gasteiger partial charge >= 0.3 is 0 Å². The minimum atomic E-state index is -0.763. The number of furan rings is 1. The number of nitrogens with one attached hydrogen (secondary N) is 1. The van der Waals surface area contributed by atoms with Crippen LogP contribution in [-0.4, -0.2) is 16.9 Å². The minimum absolute atomic E-state index is 0.0608. The van der Waals surface area contributed by atoms with Crippen molar-refractivity contribution in [2.24, 2.45) is 0 Å². The molecule has 1 fully saturated rings. The Kier molecular flexibility index (Phi) is 5.42. The minimum Gasteiger partial charge on any atom is -0.457 e. The number of carbonyl (C=O) groups excluding carboxylic acids is 2. The summed E-state index contributed by atoms with van der Waals surface area (Å²) in [4.78, 5) is 26.2. The summed E-state index contributed by atoms with van der Waals surface area (Å²) in [6.07, 6.45) is 1.27. The molecule has 1 aliphatic rings. The number of nitrogens with zero attached hydrogens (tertiary/aromatic N) is 1. The zero-order chi connectivity index (χ0) is 21.4. The topological polar surface area (TPSA) is 62.6 Å². The van der Waals surface area contributed by atoms with Gasteiger partial charge in [-0.05, 0) is 60.8 Å². The van der Waals surface area contributed by atoms with Gasteiger partial charge in [-0.25, -0.2) is 9.29 Å². The molecule has 4 rings (SSSR count). The van der Waals surface area contributed by atoms with E-state index in [0.717, 1.165) is 4.90 Å². The van der Waals surface area contributed by atoms with Gasteiger partial charge in [0.05, 0.1) is 15.7 Å². The highest BCUT2D eigenvalue weighted by Gasteiger charge is 2.35. The van der Waals surface area contributed by atoms with Crippen molar-refractivity contribution >= 4 is 64.1 Å². The van der Waals surface area contributed by atoms with Crippen LogP contribution in [0.5, 0.6) is 0 Å². The number of anilines is 1. The molecule has 0 saturated carbocycles. The normalized spacial score (nSPS) is 15.6. The Bertz CT molecular complexity index is 1240. The van der Waals surface area contributed by atoms with Crippen LogP contribution >= 0.6 is 35.4 Å². The van der Waals surface area contributed by atoms with E-state index in [1.165, 1.54) is 24.3 Å². The molecule has 1 N–H and O–H groups in total. The lowest BCUT2D eigenvalue weighted by Gasteiger charge is -2.28. The Morgan fingerprint density at radius 1 is 1.03 bits per heavy atom. The van der Waals surface area contributed by atoms with Gasteiger partial charge in [-0.1, -0.05) is 35.3 Å². The summed E-state index contributed by atoms with van der Waals surface area (Å²) in [5, 5.41) is 2.96. The molecule has 1 aromatic heterocycles. The Morgan fingerprint density at radius 3 is 2.53 bits per heavy atom. The molecule has 2 amide bonds. The van der Waals surface area contributed by atoms with E-state index in [9.17, 15) is 14.0 Å². The van der Waals surface area contributed by atoms with Gasteiger partial charge in [-0.3, -0.25) is 14.9 Å². The number of para-hydroxylation sites is 1. The van der Waals surface area contributed by atoms with Gasteiger partial charge in [0.15, 0.2) is 5.11 Å². The lowest BCUT2D eigenvalue weighted by Crippen LogP contribution is -2.54. The first-order valence-corrected chi connectivity index (χ1v) is 9.73. The van der Waals surface area contributed by atoms with Crippen molar-refractivity contribution in [3.05, 3.63) is 81.8 Å². The maximum Gasteiger partial charge on any atom is 0.270 e. The predicted octanol–water partition coefficient (Wildman–Crippen LogP) is 5.22. The molecule has 150 valence electrons. The van der Waals surface area contributed by atoms with Gasteiger partial charge in [0, 0.05) is 5.56 Å². The molecule has 1 aliphatic heterocycles. The molecule has 0 radical (unpaired) electrons. The van der Waals surface area contributed by atoms with Crippen molar-refractivity contribution in [2.75, 3.05) is 4.90 Å². The Balaban J connectivity index is 1.69. The summed E-state index contributed by atoms with van der Waals surface area (Å²) in [6, 6.07) is 13.9. The summed E-state index contributed by atoms with van der Waals surface area (Å²) >= 11 is 17.0. The van der Waals surface area contributed by atoms with Crippen LogP contribution in [0.15, 0.2) is 64.6 Å². The molecular formula is C21H11Cl2FN2O3S. The van der Waals surface area contributed by atoms with Crippen molar-refractivity contribution in [3.63, 3.8) is 0 Å². The summed E-state index contributed by atoms with van der Waals surface area (Å²) in [7, 11) is 0. The van der Waals surface area contributed by atoms with Gasteiger partial charge in [-0.15, -0.1) is 0 Å². The van der Waals surface area contributed by atoms with Crippen LogP contribution in [0.2, 0.25) is 10.0 Å².